The highest BCUT2D eigenvalue weighted by molar-refractivity contribution is 9.09. The van der Waals surface area contributed by atoms with Crippen molar-refractivity contribution in [3.8, 4) is 0 Å². The van der Waals surface area contributed by atoms with E-state index in [2.05, 4.69) is 22.5 Å². The lowest BCUT2D eigenvalue weighted by atomic mass is 10.0. The van der Waals surface area contributed by atoms with Crippen LogP contribution in [0.3, 0.4) is 0 Å². The van der Waals surface area contributed by atoms with Crippen LogP contribution in [0.15, 0.2) is 12.2 Å². The number of hydrogen-bond acceptors (Lipinski definition) is 5. The minimum absolute atomic E-state index is 0.0727. The summed E-state index contributed by atoms with van der Waals surface area (Å²) >= 11 is 3.21. The molecule has 27 heavy (non-hydrogen) atoms. The molecule has 0 bridgehead atoms. The molecule has 0 unspecified atom stereocenters. The average molecular weight is 445 g/mol. The van der Waals surface area contributed by atoms with Crippen LogP contribution in [0.2, 0.25) is 0 Å². The lowest BCUT2D eigenvalue weighted by Crippen LogP contribution is -2.60. The van der Waals surface area contributed by atoms with Gasteiger partial charge in [0, 0.05) is 18.7 Å². The molecule has 3 saturated heterocycles. The van der Waals surface area contributed by atoms with E-state index in [-0.39, 0.29) is 23.8 Å². The first-order valence-electron chi connectivity index (χ1n) is 8.91. The maximum atomic E-state index is 11.9. The first-order chi connectivity index (χ1) is 12.6. The van der Waals surface area contributed by atoms with Gasteiger partial charge in [-0.1, -0.05) is 22.5 Å². The van der Waals surface area contributed by atoms with Crippen molar-refractivity contribution in [2.45, 2.75) is 57.2 Å². The number of ether oxygens (including phenoxy) is 1. The summed E-state index contributed by atoms with van der Waals surface area (Å²) in [7, 11) is 0. The fourth-order valence-electron chi connectivity index (χ4n) is 3.49. The number of hydrogen-bond donors (Lipinski definition) is 1. The van der Waals surface area contributed by atoms with Crippen molar-refractivity contribution in [1.29, 1.82) is 0 Å². The van der Waals surface area contributed by atoms with Crippen molar-refractivity contribution in [1.82, 2.24) is 9.80 Å². The number of carbonyl (C=O) groups is 4. The molecule has 150 valence electrons. The largest absolute Gasteiger partial charge is 0.480 e. The van der Waals surface area contributed by atoms with Gasteiger partial charge in [0.2, 0.25) is 5.91 Å². The Morgan fingerprint density at radius 1 is 1.30 bits per heavy atom. The Morgan fingerprint density at radius 3 is 2.48 bits per heavy atom. The van der Waals surface area contributed by atoms with E-state index in [0.29, 0.717) is 30.4 Å². The number of carboxylic acid groups (broad SMARTS) is 1. The summed E-state index contributed by atoms with van der Waals surface area (Å²) in [5.41, 5.74) is -0.606. The fourth-order valence-corrected chi connectivity index (χ4v) is 3.84. The highest BCUT2D eigenvalue weighted by Crippen LogP contribution is 2.31. The number of carboxylic acids is 1. The van der Waals surface area contributed by atoms with Gasteiger partial charge in [-0.3, -0.25) is 9.59 Å². The van der Waals surface area contributed by atoms with Gasteiger partial charge in [0.1, 0.15) is 12.1 Å². The molecule has 0 spiro atoms. The van der Waals surface area contributed by atoms with Crippen LogP contribution in [-0.2, 0) is 23.9 Å². The number of nitrogens with zero attached hydrogens (tertiary/aromatic N) is 2. The Balaban J connectivity index is 0.000000194. The van der Waals surface area contributed by atoms with Gasteiger partial charge in [-0.25, -0.2) is 9.59 Å². The molecule has 9 heteroatoms. The Bertz CT molecular complexity index is 666. The van der Waals surface area contributed by atoms with Gasteiger partial charge in [-0.05, 0) is 39.5 Å². The number of alkyl halides is 1. The van der Waals surface area contributed by atoms with E-state index in [1.165, 1.54) is 4.90 Å². The summed E-state index contributed by atoms with van der Waals surface area (Å²) in [6, 6.07) is -0.973. The SMILES string of the molecule is C=C(C)C(=O)N1CCC[C@@H]1C(=O)O.C[C@@]1(CBr)OC(=O)[C@H]2CCCN2C1=O. The van der Waals surface area contributed by atoms with Gasteiger partial charge in [0.15, 0.2) is 5.60 Å². The molecule has 0 aliphatic carbocycles. The maximum absolute atomic E-state index is 11.9. The van der Waals surface area contributed by atoms with E-state index in [9.17, 15) is 19.2 Å². The second kappa shape index (κ2) is 8.41. The predicted octanol–water partition coefficient (Wildman–Crippen LogP) is 1.33. The zero-order valence-corrected chi connectivity index (χ0v) is 17.2. The molecule has 3 aliphatic heterocycles. The highest BCUT2D eigenvalue weighted by atomic mass is 79.9. The van der Waals surface area contributed by atoms with Gasteiger partial charge in [-0.2, -0.15) is 0 Å². The number of likely N-dealkylation sites (tertiary alicyclic amines) is 1. The third-order valence-electron chi connectivity index (χ3n) is 4.98. The van der Waals surface area contributed by atoms with E-state index in [1.807, 2.05) is 0 Å². The Labute approximate surface area is 166 Å². The highest BCUT2D eigenvalue weighted by Gasteiger charge is 2.51. The van der Waals surface area contributed by atoms with Crippen molar-refractivity contribution in [2.24, 2.45) is 0 Å². The zero-order chi connectivity index (χ0) is 20.4. The van der Waals surface area contributed by atoms with E-state index in [1.54, 1.807) is 18.7 Å². The van der Waals surface area contributed by atoms with Crippen LogP contribution in [0.1, 0.15) is 39.5 Å². The lowest BCUT2D eigenvalue weighted by molar-refractivity contribution is -0.185. The second-order valence-corrected chi connectivity index (χ2v) is 7.78. The van der Waals surface area contributed by atoms with Gasteiger partial charge in [0.05, 0.1) is 5.33 Å². The third kappa shape index (κ3) is 4.34. The van der Waals surface area contributed by atoms with Gasteiger partial charge in [0.25, 0.3) is 5.91 Å². The number of aliphatic carboxylic acids is 1. The Morgan fingerprint density at radius 2 is 1.93 bits per heavy atom. The summed E-state index contributed by atoms with van der Waals surface area (Å²) in [6.45, 7) is 7.97. The summed E-state index contributed by atoms with van der Waals surface area (Å²) in [5, 5.41) is 9.15. The van der Waals surface area contributed by atoms with Crippen LogP contribution < -0.4 is 0 Å². The molecule has 3 rings (SSSR count). The number of cyclic esters (lactones) is 1. The topological polar surface area (TPSA) is 104 Å². The molecule has 3 heterocycles. The molecule has 3 atom stereocenters. The zero-order valence-electron chi connectivity index (χ0n) is 15.6. The number of fused-ring (bicyclic) bond motifs is 1. The summed E-state index contributed by atoms with van der Waals surface area (Å²) in [6.07, 6.45) is 2.94. The quantitative estimate of drug-likeness (QED) is 0.399. The molecular formula is C18H25BrN2O6. The second-order valence-electron chi connectivity index (χ2n) is 7.22. The summed E-state index contributed by atoms with van der Waals surface area (Å²) < 4.78 is 5.17. The van der Waals surface area contributed by atoms with Crippen LogP contribution in [0.4, 0.5) is 0 Å². The maximum Gasteiger partial charge on any atom is 0.329 e. The smallest absolute Gasteiger partial charge is 0.329 e. The number of amides is 2. The van der Waals surface area contributed by atoms with Crippen LogP contribution in [-0.4, -0.2) is 74.8 Å². The first-order valence-corrected chi connectivity index (χ1v) is 10.0. The van der Waals surface area contributed by atoms with Crippen LogP contribution >= 0.6 is 15.9 Å². The van der Waals surface area contributed by atoms with E-state index < -0.39 is 17.6 Å². The van der Waals surface area contributed by atoms with E-state index >= 15 is 0 Å². The van der Waals surface area contributed by atoms with Crippen molar-refractivity contribution in [3.05, 3.63) is 12.2 Å². The number of carbonyl (C=O) groups excluding carboxylic acids is 3. The minimum Gasteiger partial charge on any atom is -0.480 e. The monoisotopic (exact) mass is 444 g/mol. The van der Waals surface area contributed by atoms with E-state index in [0.717, 1.165) is 19.3 Å². The van der Waals surface area contributed by atoms with Crippen LogP contribution in [0.5, 0.6) is 0 Å². The number of esters is 1. The Hall–Kier alpha value is -1.90. The molecule has 8 nitrogen and oxygen atoms in total. The van der Waals surface area contributed by atoms with Crippen molar-refractivity contribution >= 4 is 39.7 Å². The lowest BCUT2D eigenvalue weighted by Gasteiger charge is -2.39. The standard InChI is InChI=1S/C9H12BrNO3.C9H13NO3/c1-9(5-10)8(13)11-4-2-3-6(11)7(12)14-9;1-6(2)8(11)10-5-3-4-7(10)9(12)13/h6H,2-5H2,1H3;7H,1,3-5H2,2H3,(H,12,13)/t6-,9+;7-/m11/s1. The summed E-state index contributed by atoms with van der Waals surface area (Å²) in [4.78, 5) is 48.6. The van der Waals surface area contributed by atoms with Crippen LogP contribution in [0, 0.1) is 0 Å². The average Bonchev–Trinajstić information content (AvgIpc) is 3.29. The minimum atomic E-state index is -1.00. The molecule has 3 fully saturated rings. The fraction of sp³-hybridized carbons (Fsp3) is 0.667. The van der Waals surface area contributed by atoms with Crippen molar-refractivity contribution in [3.63, 3.8) is 0 Å². The van der Waals surface area contributed by atoms with Crippen molar-refractivity contribution < 1.29 is 29.0 Å². The third-order valence-corrected chi connectivity index (χ3v) is 6.05. The number of morpholine rings is 1. The van der Waals surface area contributed by atoms with Crippen LogP contribution in [0.25, 0.3) is 0 Å². The molecular weight excluding hydrogens is 420 g/mol. The number of rotatable bonds is 3. The van der Waals surface area contributed by atoms with Gasteiger partial charge < -0.3 is 19.6 Å². The molecule has 0 saturated carbocycles. The molecule has 0 aromatic heterocycles. The summed E-state index contributed by atoms with van der Waals surface area (Å²) in [5.74, 6) is -1.50. The molecule has 0 radical (unpaired) electrons. The van der Waals surface area contributed by atoms with Crippen molar-refractivity contribution in [2.75, 3.05) is 18.4 Å². The predicted molar refractivity (Wildman–Crippen MR) is 100 cm³/mol. The molecule has 0 aromatic carbocycles. The Kier molecular flexibility index (Phi) is 6.67. The molecule has 3 aliphatic rings. The van der Waals surface area contributed by atoms with Gasteiger partial charge in [-0.15, -0.1) is 0 Å². The number of halogens is 1. The van der Waals surface area contributed by atoms with E-state index in [4.69, 9.17) is 9.84 Å². The molecule has 2 amide bonds. The molecule has 1 N–H and O–H groups in total. The molecule has 0 aromatic rings. The van der Waals surface area contributed by atoms with Gasteiger partial charge >= 0.3 is 11.9 Å². The normalized spacial score (nSPS) is 29.6. The first kappa shape index (κ1) is 21.4.